The topological polar surface area (TPSA) is 9.23 Å². The number of ether oxygens (including phenoxy) is 1. The van der Waals surface area contributed by atoms with Crippen LogP contribution in [0.2, 0.25) is 0 Å². The highest BCUT2D eigenvalue weighted by Crippen LogP contribution is 2.29. The molecule has 0 aliphatic rings. The molecule has 0 amide bonds. The number of methoxy groups -OCH3 is 1. The van der Waals surface area contributed by atoms with Gasteiger partial charge in [0.25, 0.3) is 0 Å². The van der Waals surface area contributed by atoms with Crippen molar-refractivity contribution in [2.45, 2.75) is 20.8 Å². The summed E-state index contributed by atoms with van der Waals surface area (Å²) in [6.07, 6.45) is 0. The molecule has 0 aliphatic heterocycles. The first-order chi connectivity index (χ1) is 10.3. The van der Waals surface area contributed by atoms with Crippen LogP contribution in [0.3, 0.4) is 0 Å². The Balaban J connectivity index is 0.000000774. The van der Waals surface area contributed by atoms with Gasteiger partial charge in [0.05, 0.1) is 7.11 Å². The van der Waals surface area contributed by atoms with Gasteiger partial charge in [-0.2, -0.15) is 0 Å². The van der Waals surface area contributed by atoms with Crippen molar-refractivity contribution in [2.24, 2.45) is 0 Å². The maximum absolute atomic E-state index is 5.31. The summed E-state index contributed by atoms with van der Waals surface area (Å²) in [6.45, 7) is 6.15. The lowest BCUT2D eigenvalue weighted by Crippen LogP contribution is -1.86. The first-order valence-electron chi connectivity index (χ1n) is 7.42. The van der Waals surface area contributed by atoms with Gasteiger partial charge in [0.2, 0.25) is 0 Å². The van der Waals surface area contributed by atoms with E-state index in [1.54, 1.807) is 7.11 Å². The smallest absolute Gasteiger partial charge is 0.119 e. The lowest BCUT2D eigenvalue weighted by atomic mass is 9.97. The monoisotopic (exact) mass is 278 g/mol. The third-order valence-corrected chi connectivity index (χ3v) is 3.47. The summed E-state index contributed by atoms with van der Waals surface area (Å²) < 4.78 is 5.31. The van der Waals surface area contributed by atoms with Crippen LogP contribution in [0.5, 0.6) is 5.75 Å². The zero-order valence-electron chi connectivity index (χ0n) is 13.2. The van der Waals surface area contributed by atoms with E-state index in [1.165, 1.54) is 27.5 Å². The molecule has 0 unspecified atom stereocenters. The molecule has 1 heteroatoms. The molecule has 0 fully saturated rings. The van der Waals surface area contributed by atoms with Gasteiger partial charge in [-0.05, 0) is 52.6 Å². The van der Waals surface area contributed by atoms with Crippen LogP contribution < -0.4 is 4.74 Å². The van der Waals surface area contributed by atoms with E-state index in [2.05, 4.69) is 55.5 Å². The average Bonchev–Trinajstić information content (AvgIpc) is 2.57. The summed E-state index contributed by atoms with van der Waals surface area (Å²) in [5, 5.41) is 2.50. The van der Waals surface area contributed by atoms with Crippen molar-refractivity contribution in [1.82, 2.24) is 0 Å². The predicted molar refractivity (Wildman–Crippen MR) is 92.0 cm³/mol. The molecule has 0 N–H and O–H groups in total. The van der Waals surface area contributed by atoms with Crippen LogP contribution in [-0.2, 0) is 0 Å². The van der Waals surface area contributed by atoms with Crippen LogP contribution in [-0.4, -0.2) is 7.11 Å². The van der Waals surface area contributed by atoms with Crippen molar-refractivity contribution in [3.8, 4) is 16.9 Å². The largest absolute Gasteiger partial charge is 0.497 e. The van der Waals surface area contributed by atoms with E-state index in [0.29, 0.717) is 0 Å². The van der Waals surface area contributed by atoms with E-state index in [0.717, 1.165) is 5.75 Å². The van der Waals surface area contributed by atoms with Crippen LogP contribution in [0.1, 0.15) is 19.4 Å². The summed E-state index contributed by atoms with van der Waals surface area (Å²) >= 11 is 0. The molecule has 3 rings (SSSR count). The number of rotatable bonds is 2. The molecule has 3 aromatic rings. The van der Waals surface area contributed by atoms with Crippen LogP contribution in [0.4, 0.5) is 0 Å². The minimum Gasteiger partial charge on any atom is -0.497 e. The van der Waals surface area contributed by atoms with E-state index < -0.39 is 0 Å². The highest BCUT2D eigenvalue weighted by molar-refractivity contribution is 5.91. The quantitative estimate of drug-likeness (QED) is 0.571. The van der Waals surface area contributed by atoms with Gasteiger partial charge in [-0.15, -0.1) is 0 Å². The Morgan fingerprint density at radius 3 is 2.14 bits per heavy atom. The van der Waals surface area contributed by atoms with E-state index in [9.17, 15) is 0 Å². The van der Waals surface area contributed by atoms with Gasteiger partial charge in [-0.25, -0.2) is 0 Å². The number of hydrogen-bond donors (Lipinski definition) is 0. The molecule has 0 radical (unpaired) electrons. The molecular weight excluding hydrogens is 256 g/mol. The molecule has 0 bridgehead atoms. The summed E-state index contributed by atoms with van der Waals surface area (Å²) in [5.41, 5.74) is 3.79. The van der Waals surface area contributed by atoms with E-state index >= 15 is 0 Å². The minimum atomic E-state index is 0.900. The van der Waals surface area contributed by atoms with E-state index in [4.69, 9.17) is 4.74 Å². The Bertz CT molecular complexity index is 714. The molecule has 0 spiro atoms. The molecule has 0 saturated carbocycles. The predicted octanol–water partition coefficient (Wildman–Crippen LogP) is 5.85. The van der Waals surface area contributed by atoms with Crippen molar-refractivity contribution in [3.05, 3.63) is 66.2 Å². The maximum atomic E-state index is 5.31. The van der Waals surface area contributed by atoms with Crippen molar-refractivity contribution < 1.29 is 4.74 Å². The number of fused-ring (bicyclic) bond motifs is 1. The fraction of sp³-hybridized carbons (Fsp3) is 0.200. The first-order valence-corrected chi connectivity index (χ1v) is 7.42. The number of aryl methyl sites for hydroxylation is 1. The van der Waals surface area contributed by atoms with Crippen molar-refractivity contribution in [2.75, 3.05) is 7.11 Å². The Morgan fingerprint density at radius 1 is 0.762 bits per heavy atom. The summed E-state index contributed by atoms with van der Waals surface area (Å²) in [6, 6.07) is 21.2. The third-order valence-electron chi connectivity index (χ3n) is 3.47. The summed E-state index contributed by atoms with van der Waals surface area (Å²) in [7, 11) is 1.70. The van der Waals surface area contributed by atoms with Crippen LogP contribution in [0, 0.1) is 6.92 Å². The second-order valence-corrected chi connectivity index (χ2v) is 4.75. The highest BCUT2D eigenvalue weighted by Gasteiger charge is 2.04. The van der Waals surface area contributed by atoms with Gasteiger partial charge in [-0.3, -0.25) is 0 Å². The van der Waals surface area contributed by atoms with Crippen LogP contribution >= 0.6 is 0 Å². The molecule has 21 heavy (non-hydrogen) atoms. The standard InChI is InChI=1S/C18H16O.C2H6/c1-13-10-15(14-6-4-3-5-7-14)11-16-12-17(19-2)8-9-18(13)16;1-2/h3-12H,1-2H3;1-2H3. The zero-order chi connectivity index (χ0) is 15.2. The fourth-order valence-electron chi connectivity index (χ4n) is 2.46. The number of hydrogen-bond acceptors (Lipinski definition) is 1. The fourth-order valence-corrected chi connectivity index (χ4v) is 2.46. The summed E-state index contributed by atoms with van der Waals surface area (Å²) in [4.78, 5) is 0. The average molecular weight is 278 g/mol. The van der Waals surface area contributed by atoms with E-state index in [1.807, 2.05) is 26.0 Å². The Morgan fingerprint density at radius 2 is 1.48 bits per heavy atom. The molecule has 1 nitrogen and oxygen atoms in total. The maximum Gasteiger partial charge on any atom is 0.119 e. The summed E-state index contributed by atoms with van der Waals surface area (Å²) in [5.74, 6) is 0.900. The lowest BCUT2D eigenvalue weighted by molar-refractivity contribution is 0.415. The Kier molecular flexibility index (Phi) is 4.99. The molecule has 0 aliphatic carbocycles. The molecule has 0 atom stereocenters. The first kappa shape index (κ1) is 15.1. The van der Waals surface area contributed by atoms with Crippen molar-refractivity contribution >= 4 is 10.8 Å². The van der Waals surface area contributed by atoms with Gasteiger partial charge in [0.15, 0.2) is 0 Å². The molecular formula is C20H22O. The van der Waals surface area contributed by atoms with Gasteiger partial charge < -0.3 is 4.74 Å². The Hall–Kier alpha value is -2.28. The lowest BCUT2D eigenvalue weighted by Gasteiger charge is -2.09. The highest BCUT2D eigenvalue weighted by atomic mass is 16.5. The molecule has 108 valence electrons. The Labute approximate surface area is 127 Å². The molecule has 0 heterocycles. The van der Waals surface area contributed by atoms with Crippen molar-refractivity contribution in [1.29, 1.82) is 0 Å². The van der Waals surface area contributed by atoms with Gasteiger partial charge in [0, 0.05) is 0 Å². The minimum absolute atomic E-state index is 0.900. The third kappa shape index (κ3) is 3.25. The van der Waals surface area contributed by atoms with Gasteiger partial charge >= 0.3 is 0 Å². The normalized spacial score (nSPS) is 9.90. The van der Waals surface area contributed by atoms with E-state index in [-0.39, 0.29) is 0 Å². The second kappa shape index (κ2) is 6.94. The van der Waals surface area contributed by atoms with Gasteiger partial charge in [0.1, 0.15) is 5.75 Å². The molecule has 0 aromatic heterocycles. The zero-order valence-corrected chi connectivity index (χ0v) is 13.2. The van der Waals surface area contributed by atoms with Crippen LogP contribution in [0.15, 0.2) is 60.7 Å². The van der Waals surface area contributed by atoms with Crippen molar-refractivity contribution in [3.63, 3.8) is 0 Å². The molecule has 3 aromatic carbocycles. The molecule has 0 saturated heterocycles. The second-order valence-electron chi connectivity index (χ2n) is 4.75. The van der Waals surface area contributed by atoms with Crippen LogP contribution in [0.25, 0.3) is 21.9 Å². The van der Waals surface area contributed by atoms with Gasteiger partial charge in [-0.1, -0.05) is 56.3 Å². The SMILES string of the molecule is CC.COc1ccc2c(C)cc(-c3ccccc3)cc2c1. The number of benzene rings is 3.